The number of nitrogens with zero attached hydrogens (tertiary/aromatic N) is 5. The van der Waals surface area contributed by atoms with Crippen molar-refractivity contribution in [1.29, 1.82) is 0 Å². The van der Waals surface area contributed by atoms with Crippen molar-refractivity contribution in [3.63, 3.8) is 0 Å². The Kier molecular flexibility index (Phi) is 6.43. The molecule has 0 aliphatic rings. The first-order valence-electron chi connectivity index (χ1n) is 9.60. The van der Waals surface area contributed by atoms with Gasteiger partial charge in [0, 0.05) is 32.7 Å². The maximum absolute atomic E-state index is 11.7. The summed E-state index contributed by atoms with van der Waals surface area (Å²) in [6.07, 6.45) is 1.79. The number of aromatic nitrogens is 4. The highest BCUT2D eigenvalue weighted by Crippen LogP contribution is 2.30. The number of aryl methyl sites for hydroxylation is 2. The Bertz CT molecular complexity index is 1110. The molecule has 0 saturated carbocycles. The number of amides is 1. The Morgan fingerprint density at radius 3 is 2.45 bits per heavy atom. The van der Waals surface area contributed by atoms with Crippen molar-refractivity contribution in [2.24, 2.45) is 7.05 Å². The molecule has 3 aromatic heterocycles. The molecule has 0 atom stereocenters. The minimum absolute atomic E-state index is 0.116. The van der Waals surface area contributed by atoms with E-state index in [0.29, 0.717) is 0 Å². The van der Waals surface area contributed by atoms with Gasteiger partial charge in [0.05, 0.1) is 11.3 Å². The molecular formula is C21H26N6OS. The fraction of sp³-hybridized carbons (Fsp3) is 0.333. The van der Waals surface area contributed by atoms with Gasteiger partial charge < -0.3 is 14.8 Å². The molecule has 0 aliphatic heterocycles. The Morgan fingerprint density at radius 2 is 1.83 bits per heavy atom. The van der Waals surface area contributed by atoms with Gasteiger partial charge in [-0.2, -0.15) is 0 Å². The minimum atomic E-state index is 0.116. The number of fused-ring (bicyclic) bond motifs is 3. The van der Waals surface area contributed by atoms with Crippen LogP contribution in [0.15, 0.2) is 36.7 Å². The van der Waals surface area contributed by atoms with Gasteiger partial charge in [-0.3, -0.25) is 4.79 Å². The molecule has 0 radical (unpaired) electrons. The van der Waals surface area contributed by atoms with Gasteiger partial charge in [-0.15, -0.1) is 0 Å². The second-order valence-corrected chi connectivity index (χ2v) is 7.67. The second-order valence-electron chi connectivity index (χ2n) is 6.49. The van der Waals surface area contributed by atoms with Crippen LogP contribution in [0.4, 0.5) is 5.82 Å². The van der Waals surface area contributed by atoms with Crippen molar-refractivity contribution in [3.8, 4) is 0 Å². The molecule has 0 bridgehead atoms. The smallest absolute Gasteiger partial charge is 0.253 e. The summed E-state index contributed by atoms with van der Waals surface area (Å²) in [7, 11) is 3.83. The predicted molar refractivity (Wildman–Crippen MR) is 120 cm³/mol. The largest absolute Gasteiger partial charge is 0.371 e. The zero-order valence-electron chi connectivity index (χ0n) is 17.4. The molecule has 1 amide bonds. The third-order valence-corrected chi connectivity index (χ3v) is 5.49. The van der Waals surface area contributed by atoms with Crippen LogP contribution in [0, 0.1) is 6.92 Å². The predicted octanol–water partition coefficient (Wildman–Crippen LogP) is 4.10. The van der Waals surface area contributed by atoms with E-state index in [1.165, 1.54) is 0 Å². The molecule has 1 N–H and O–H groups in total. The van der Waals surface area contributed by atoms with Crippen LogP contribution in [0.5, 0.6) is 0 Å². The van der Waals surface area contributed by atoms with Gasteiger partial charge in [-0.25, -0.2) is 15.0 Å². The van der Waals surface area contributed by atoms with Crippen molar-refractivity contribution in [2.75, 3.05) is 25.5 Å². The average Bonchev–Trinajstić information content (AvgIpc) is 3.31. The molecule has 7 nitrogen and oxygen atoms in total. The number of imidazole rings is 1. The van der Waals surface area contributed by atoms with E-state index < -0.39 is 0 Å². The number of rotatable bonds is 4. The highest BCUT2D eigenvalue weighted by atomic mass is 32.1. The summed E-state index contributed by atoms with van der Waals surface area (Å²) >= 11 is 1.61. The Balaban J connectivity index is 0.000000170. The lowest BCUT2D eigenvalue weighted by atomic mass is 10.2. The summed E-state index contributed by atoms with van der Waals surface area (Å²) in [5.74, 6) is 0.928. The lowest BCUT2D eigenvalue weighted by Crippen LogP contribution is -2.30. The van der Waals surface area contributed by atoms with Crippen LogP contribution >= 0.6 is 11.3 Å². The number of anilines is 1. The number of hydrogen-bond acceptors (Lipinski definition) is 6. The van der Waals surface area contributed by atoms with Crippen molar-refractivity contribution in [3.05, 3.63) is 47.2 Å². The Labute approximate surface area is 174 Å². The third kappa shape index (κ3) is 4.22. The SMILES string of the molecule is CCN(CC)C(=O)c1ccccc1.CNc1nc2sc(C)nc2c2c1ncn2C. The van der Waals surface area contributed by atoms with Gasteiger partial charge in [0.2, 0.25) is 0 Å². The number of benzene rings is 1. The van der Waals surface area contributed by atoms with Crippen LogP contribution in [-0.4, -0.2) is 50.5 Å². The summed E-state index contributed by atoms with van der Waals surface area (Å²) in [6, 6.07) is 9.38. The summed E-state index contributed by atoms with van der Waals surface area (Å²) in [6.45, 7) is 7.51. The van der Waals surface area contributed by atoms with E-state index in [-0.39, 0.29) is 5.91 Å². The molecule has 152 valence electrons. The quantitative estimate of drug-likeness (QED) is 0.548. The molecule has 8 heteroatoms. The van der Waals surface area contributed by atoms with Crippen LogP contribution < -0.4 is 5.32 Å². The van der Waals surface area contributed by atoms with Gasteiger partial charge in [0.15, 0.2) is 5.82 Å². The van der Waals surface area contributed by atoms with E-state index in [1.54, 1.807) is 17.7 Å². The lowest BCUT2D eigenvalue weighted by molar-refractivity contribution is 0.0773. The van der Waals surface area contributed by atoms with Crippen LogP contribution in [-0.2, 0) is 7.05 Å². The Morgan fingerprint density at radius 1 is 1.14 bits per heavy atom. The fourth-order valence-corrected chi connectivity index (χ4v) is 3.92. The molecule has 4 rings (SSSR count). The molecule has 0 unspecified atom stereocenters. The van der Waals surface area contributed by atoms with Gasteiger partial charge in [-0.05, 0) is 32.9 Å². The van der Waals surface area contributed by atoms with Gasteiger partial charge in [-0.1, -0.05) is 29.5 Å². The monoisotopic (exact) mass is 410 g/mol. The standard InChI is InChI=1S/C11H15NO.C10H11N5S/c1-3-12(4-2)11(13)10-8-6-5-7-9-10;1-5-13-7-8-6(12-4-15(8)3)9(11-2)14-10(7)16-5/h5-9H,3-4H2,1-2H3;4H,1-3H3,(H,11,14). The normalized spacial score (nSPS) is 10.7. The first-order chi connectivity index (χ1) is 14.0. The van der Waals surface area contributed by atoms with E-state index in [1.807, 2.05) is 74.7 Å². The average molecular weight is 411 g/mol. The van der Waals surface area contributed by atoms with Crippen molar-refractivity contribution >= 4 is 44.4 Å². The zero-order valence-corrected chi connectivity index (χ0v) is 18.2. The molecule has 0 aliphatic carbocycles. The van der Waals surface area contributed by atoms with E-state index in [2.05, 4.69) is 20.3 Å². The highest BCUT2D eigenvalue weighted by Gasteiger charge is 2.14. The first-order valence-corrected chi connectivity index (χ1v) is 10.4. The first kappa shape index (κ1) is 20.7. The molecular weight excluding hydrogens is 384 g/mol. The summed E-state index contributed by atoms with van der Waals surface area (Å²) < 4.78 is 1.99. The maximum Gasteiger partial charge on any atom is 0.253 e. The van der Waals surface area contributed by atoms with Crippen LogP contribution in [0.2, 0.25) is 0 Å². The molecule has 29 heavy (non-hydrogen) atoms. The van der Waals surface area contributed by atoms with E-state index in [9.17, 15) is 4.79 Å². The lowest BCUT2D eigenvalue weighted by Gasteiger charge is -2.18. The number of carbonyl (C=O) groups excluding carboxylic acids is 1. The van der Waals surface area contributed by atoms with E-state index in [4.69, 9.17) is 0 Å². The number of nitrogens with one attached hydrogen (secondary N) is 1. The maximum atomic E-state index is 11.7. The van der Waals surface area contributed by atoms with Gasteiger partial charge >= 0.3 is 0 Å². The van der Waals surface area contributed by atoms with Crippen molar-refractivity contribution < 1.29 is 4.79 Å². The summed E-state index contributed by atoms with van der Waals surface area (Å²) in [4.78, 5) is 27.9. The van der Waals surface area contributed by atoms with Gasteiger partial charge in [0.1, 0.15) is 21.4 Å². The highest BCUT2D eigenvalue weighted by molar-refractivity contribution is 7.18. The molecule has 4 aromatic rings. The second kappa shape index (κ2) is 9.00. The zero-order chi connectivity index (χ0) is 21.0. The Hall–Kier alpha value is -3.00. The minimum Gasteiger partial charge on any atom is -0.371 e. The topological polar surface area (TPSA) is 75.9 Å². The fourth-order valence-electron chi connectivity index (χ4n) is 3.13. The number of thiazole rings is 1. The molecule has 1 aromatic carbocycles. The number of pyridine rings is 1. The van der Waals surface area contributed by atoms with E-state index in [0.717, 1.165) is 50.9 Å². The van der Waals surface area contributed by atoms with E-state index >= 15 is 0 Å². The number of carbonyl (C=O) groups is 1. The molecule has 0 spiro atoms. The van der Waals surface area contributed by atoms with Crippen molar-refractivity contribution in [1.82, 2.24) is 24.4 Å². The molecule has 3 heterocycles. The van der Waals surface area contributed by atoms with Crippen molar-refractivity contribution in [2.45, 2.75) is 20.8 Å². The third-order valence-electron chi connectivity index (χ3n) is 4.62. The van der Waals surface area contributed by atoms with Gasteiger partial charge in [0.25, 0.3) is 5.91 Å². The number of hydrogen-bond donors (Lipinski definition) is 1. The van der Waals surface area contributed by atoms with Crippen LogP contribution in [0.25, 0.3) is 21.4 Å². The molecule has 0 saturated heterocycles. The molecule has 0 fully saturated rings. The van der Waals surface area contributed by atoms with Crippen LogP contribution in [0.1, 0.15) is 29.2 Å². The summed E-state index contributed by atoms with van der Waals surface area (Å²) in [5.41, 5.74) is 3.63. The van der Waals surface area contributed by atoms with Crippen LogP contribution in [0.3, 0.4) is 0 Å². The summed E-state index contributed by atoms with van der Waals surface area (Å²) in [5, 5.41) is 4.10.